The van der Waals surface area contributed by atoms with Gasteiger partial charge in [0.05, 0.1) is 6.42 Å². The molecule has 10 nitrogen and oxygen atoms in total. The van der Waals surface area contributed by atoms with E-state index in [1.807, 2.05) is 48.5 Å². The Bertz CT molecular complexity index is 1210. The molecule has 3 aromatic rings. The van der Waals surface area contributed by atoms with Gasteiger partial charge in [-0.3, -0.25) is 14.9 Å². The van der Waals surface area contributed by atoms with Crippen LogP contribution in [-0.4, -0.2) is 57.5 Å². The van der Waals surface area contributed by atoms with Crippen LogP contribution in [0.5, 0.6) is 0 Å². The molecule has 5 rings (SSSR count). The molecule has 2 aromatic carbocycles. The smallest absolute Gasteiger partial charge is 0.412 e. The number of carbonyl (C=O) groups excluding carboxylic acids is 2. The molecule has 0 spiro atoms. The van der Waals surface area contributed by atoms with Crippen molar-refractivity contribution in [1.29, 1.82) is 0 Å². The molecule has 0 radical (unpaired) electrons. The van der Waals surface area contributed by atoms with E-state index in [0.717, 1.165) is 22.3 Å². The van der Waals surface area contributed by atoms with Crippen LogP contribution in [-0.2, 0) is 9.53 Å². The highest BCUT2D eigenvalue weighted by Crippen LogP contribution is 2.44. The second kappa shape index (κ2) is 8.97. The molecule has 1 aromatic heterocycles. The number of aromatic nitrogens is 2. The molecule has 2 amide bonds. The van der Waals surface area contributed by atoms with Gasteiger partial charge in [-0.15, -0.1) is 0 Å². The lowest BCUT2D eigenvalue weighted by Crippen LogP contribution is -2.37. The van der Waals surface area contributed by atoms with Gasteiger partial charge in [-0.1, -0.05) is 48.5 Å². The Labute approximate surface area is 194 Å². The Hall–Kier alpha value is -4.21. The van der Waals surface area contributed by atoms with E-state index in [1.165, 1.54) is 4.90 Å². The van der Waals surface area contributed by atoms with Gasteiger partial charge >= 0.3 is 12.1 Å². The molecule has 2 N–H and O–H groups in total. The first kappa shape index (κ1) is 21.6. The summed E-state index contributed by atoms with van der Waals surface area (Å²) in [7, 11) is 0. The largest absolute Gasteiger partial charge is 0.481 e. The second-order valence-corrected chi connectivity index (χ2v) is 8.30. The van der Waals surface area contributed by atoms with E-state index < -0.39 is 24.0 Å². The number of carboxylic acids is 1. The van der Waals surface area contributed by atoms with Crippen LogP contribution in [0.1, 0.15) is 46.8 Å². The fraction of sp³-hybridized carbons (Fsp3) is 0.292. The summed E-state index contributed by atoms with van der Waals surface area (Å²) >= 11 is 0. The van der Waals surface area contributed by atoms with Gasteiger partial charge in [0.1, 0.15) is 6.61 Å². The van der Waals surface area contributed by atoms with Crippen molar-refractivity contribution in [3.8, 4) is 11.1 Å². The minimum absolute atomic E-state index is 0.0984. The number of hydrogen-bond acceptors (Lipinski definition) is 7. The first-order valence-corrected chi connectivity index (χ1v) is 11.0. The van der Waals surface area contributed by atoms with Crippen LogP contribution < -0.4 is 5.32 Å². The number of nitrogens with zero attached hydrogens (tertiary/aromatic N) is 3. The quantitative estimate of drug-likeness (QED) is 0.568. The minimum atomic E-state index is -0.986. The Morgan fingerprint density at radius 2 is 1.74 bits per heavy atom. The fourth-order valence-electron chi connectivity index (χ4n) is 4.79. The number of aliphatic carboxylic acids is 1. The number of anilines is 1. The highest BCUT2D eigenvalue weighted by molar-refractivity contribution is 6.00. The van der Waals surface area contributed by atoms with E-state index in [1.54, 1.807) is 0 Å². The third-order valence-corrected chi connectivity index (χ3v) is 6.30. The van der Waals surface area contributed by atoms with Gasteiger partial charge in [0, 0.05) is 18.5 Å². The summed E-state index contributed by atoms with van der Waals surface area (Å²) in [5.41, 5.74) is 4.19. The van der Waals surface area contributed by atoms with E-state index >= 15 is 0 Å². The number of benzene rings is 2. The molecule has 0 bridgehead atoms. The molecule has 1 fully saturated rings. The number of fused-ring (bicyclic) bond motifs is 3. The van der Waals surface area contributed by atoms with E-state index in [4.69, 9.17) is 9.84 Å². The van der Waals surface area contributed by atoms with Gasteiger partial charge in [-0.2, -0.15) is 0 Å². The highest BCUT2D eigenvalue weighted by Gasteiger charge is 2.35. The first-order valence-electron chi connectivity index (χ1n) is 11.0. The minimum Gasteiger partial charge on any atom is -0.481 e. The fourth-order valence-corrected chi connectivity index (χ4v) is 4.79. The molecule has 1 aliphatic heterocycles. The summed E-state index contributed by atoms with van der Waals surface area (Å²) < 4.78 is 10.2. The number of amides is 2. The number of ether oxygens (including phenoxy) is 1. The third kappa shape index (κ3) is 3.98. The van der Waals surface area contributed by atoms with Crippen molar-refractivity contribution in [2.75, 3.05) is 18.5 Å². The molecule has 1 saturated heterocycles. The lowest BCUT2D eigenvalue weighted by molar-refractivity contribution is -0.137. The monoisotopic (exact) mass is 462 g/mol. The van der Waals surface area contributed by atoms with Gasteiger partial charge in [0.2, 0.25) is 11.5 Å². The average molecular weight is 462 g/mol. The summed E-state index contributed by atoms with van der Waals surface area (Å²) in [5.74, 6) is -1.81. The molecule has 1 atom stereocenters. The predicted molar refractivity (Wildman–Crippen MR) is 119 cm³/mol. The van der Waals surface area contributed by atoms with Crippen LogP contribution in [0.4, 0.5) is 10.6 Å². The molecule has 34 heavy (non-hydrogen) atoms. The summed E-state index contributed by atoms with van der Waals surface area (Å²) in [5, 5.41) is 18.8. The summed E-state index contributed by atoms with van der Waals surface area (Å²) in [6.07, 6.45) is 0.310. The third-order valence-electron chi connectivity index (χ3n) is 6.30. The summed E-state index contributed by atoms with van der Waals surface area (Å²) in [6.45, 7) is 0.495. The van der Waals surface area contributed by atoms with Crippen molar-refractivity contribution in [1.82, 2.24) is 15.2 Å². The van der Waals surface area contributed by atoms with E-state index in [2.05, 4.69) is 20.3 Å². The zero-order valence-electron chi connectivity index (χ0n) is 18.1. The standard InChI is InChI=1S/C24H22N4O6/c29-20(30)12-14-6-5-11-28(14)23(31)21-22(27-34-26-21)25-24(32)33-13-19-17-9-3-1-7-15(17)16-8-2-4-10-18(16)19/h1-4,7-10,14,19H,5-6,11-13H2,(H,29,30)(H,25,27,32). The van der Waals surface area contributed by atoms with E-state index in [-0.39, 0.29) is 30.5 Å². The molecule has 174 valence electrons. The first-order chi connectivity index (χ1) is 16.5. The zero-order chi connectivity index (χ0) is 23.7. The molecular formula is C24H22N4O6. The molecule has 1 aliphatic carbocycles. The molecule has 2 heterocycles. The highest BCUT2D eigenvalue weighted by atomic mass is 16.6. The Kier molecular flexibility index (Phi) is 5.70. The number of carboxylic acid groups (broad SMARTS) is 1. The topological polar surface area (TPSA) is 135 Å². The van der Waals surface area contributed by atoms with Crippen molar-refractivity contribution >= 4 is 23.8 Å². The molecular weight excluding hydrogens is 440 g/mol. The van der Waals surface area contributed by atoms with E-state index in [9.17, 15) is 14.4 Å². The molecule has 0 saturated carbocycles. The van der Waals surface area contributed by atoms with Crippen LogP contribution >= 0.6 is 0 Å². The number of rotatable bonds is 6. The Balaban J connectivity index is 1.26. The van der Waals surface area contributed by atoms with Gasteiger partial charge in [-0.25, -0.2) is 9.42 Å². The van der Waals surface area contributed by atoms with Crippen molar-refractivity contribution < 1.29 is 28.9 Å². The van der Waals surface area contributed by atoms with Crippen molar-refractivity contribution in [2.24, 2.45) is 0 Å². The number of carbonyl (C=O) groups is 3. The Morgan fingerprint density at radius 3 is 2.41 bits per heavy atom. The number of likely N-dealkylation sites (tertiary alicyclic amines) is 1. The SMILES string of the molecule is O=C(O)CC1CCCN1C(=O)c1nonc1NC(=O)OCC1c2ccccc2-c2ccccc21. The van der Waals surface area contributed by atoms with Crippen LogP contribution in [0.15, 0.2) is 53.2 Å². The maximum atomic E-state index is 12.9. The van der Waals surface area contributed by atoms with Crippen LogP contribution in [0.2, 0.25) is 0 Å². The normalized spacial score (nSPS) is 16.7. The summed E-state index contributed by atoms with van der Waals surface area (Å²) in [6, 6.07) is 15.5. The number of hydrogen-bond donors (Lipinski definition) is 2. The lowest BCUT2D eigenvalue weighted by Gasteiger charge is -2.22. The number of nitrogens with one attached hydrogen (secondary N) is 1. The average Bonchev–Trinajstić information content (AvgIpc) is 3.55. The van der Waals surface area contributed by atoms with Gasteiger partial charge in [-0.05, 0) is 45.4 Å². The van der Waals surface area contributed by atoms with Gasteiger partial charge in [0.15, 0.2) is 0 Å². The van der Waals surface area contributed by atoms with Crippen molar-refractivity contribution in [3.63, 3.8) is 0 Å². The maximum absolute atomic E-state index is 12.9. The second-order valence-electron chi connectivity index (χ2n) is 8.30. The molecule has 2 aliphatic rings. The van der Waals surface area contributed by atoms with Crippen LogP contribution in [0.25, 0.3) is 11.1 Å². The maximum Gasteiger partial charge on any atom is 0.412 e. The van der Waals surface area contributed by atoms with E-state index in [0.29, 0.717) is 19.4 Å². The van der Waals surface area contributed by atoms with Crippen molar-refractivity contribution in [3.05, 3.63) is 65.4 Å². The molecule has 1 unspecified atom stereocenters. The summed E-state index contributed by atoms with van der Waals surface area (Å²) in [4.78, 5) is 38.0. The zero-order valence-corrected chi connectivity index (χ0v) is 18.1. The molecule has 10 heteroatoms. The lowest BCUT2D eigenvalue weighted by atomic mass is 9.98. The predicted octanol–water partition coefficient (Wildman–Crippen LogP) is 3.51. The van der Waals surface area contributed by atoms with Crippen molar-refractivity contribution in [2.45, 2.75) is 31.2 Å². The van der Waals surface area contributed by atoms with Gasteiger partial charge < -0.3 is 14.7 Å². The van der Waals surface area contributed by atoms with Gasteiger partial charge in [0.25, 0.3) is 5.91 Å². The Morgan fingerprint density at radius 1 is 1.06 bits per heavy atom. The van der Waals surface area contributed by atoms with Crippen LogP contribution in [0.3, 0.4) is 0 Å². The van der Waals surface area contributed by atoms with Crippen LogP contribution in [0, 0.1) is 0 Å².